The van der Waals surface area contributed by atoms with Gasteiger partial charge in [0.25, 0.3) is 11.5 Å². The zero-order valence-corrected chi connectivity index (χ0v) is 14.0. The molecule has 0 aliphatic rings. The molecule has 9 heteroatoms. The summed E-state index contributed by atoms with van der Waals surface area (Å²) in [6.07, 6.45) is -3.69. The lowest BCUT2D eigenvalue weighted by atomic mass is 10.1. The third kappa shape index (κ3) is 4.11. The molecule has 0 saturated heterocycles. The molecular weight excluding hydrogens is 351 g/mol. The average molecular weight is 367 g/mol. The zero-order chi connectivity index (χ0) is 19.5. The highest BCUT2D eigenvalue weighted by molar-refractivity contribution is 5.99. The molecule has 1 aromatic heterocycles. The van der Waals surface area contributed by atoms with Gasteiger partial charge < -0.3 is 15.2 Å². The first-order chi connectivity index (χ1) is 12.1. The highest BCUT2D eigenvalue weighted by Crippen LogP contribution is 2.26. The lowest BCUT2D eigenvalue weighted by molar-refractivity contribution is -0.139. The number of nitrogens with zero attached hydrogens (tertiary/aromatic N) is 1. The van der Waals surface area contributed by atoms with Crippen molar-refractivity contribution in [3.05, 3.63) is 63.6 Å². The standard InChI is InChI=1S/C17H16F3N3O3/c1-10-11(15(25)21-2)5-3-7-13(10)22-14(24)9-23-8-4-6-12(16(23)26)17(18,19)20/h3-8H,9H2,1-2H3,(H,21,25)(H,22,24). The van der Waals surface area contributed by atoms with Gasteiger partial charge in [-0.3, -0.25) is 14.4 Å². The molecule has 2 amide bonds. The van der Waals surface area contributed by atoms with Crippen LogP contribution in [0.2, 0.25) is 0 Å². The molecule has 0 spiro atoms. The number of hydrogen-bond acceptors (Lipinski definition) is 3. The van der Waals surface area contributed by atoms with Crippen LogP contribution < -0.4 is 16.2 Å². The van der Waals surface area contributed by atoms with E-state index in [0.29, 0.717) is 27.4 Å². The number of benzene rings is 1. The second-order valence-corrected chi connectivity index (χ2v) is 5.46. The smallest absolute Gasteiger partial charge is 0.355 e. The summed E-state index contributed by atoms with van der Waals surface area (Å²) in [6, 6.07) is 6.39. The lowest BCUT2D eigenvalue weighted by Crippen LogP contribution is -2.32. The van der Waals surface area contributed by atoms with Crippen molar-refractivity contribution in [1.29, 1.82) is 0 Å². The van der Waals surface area contributed by atoms with Crippen LogP contribution in [0.1, 0.15) is 21.5 Å². The molecule has 0 aliphatic carbocycles. The molecular formula is C17H16F3N3O3. The summed E-state index contributed by atoms with van der Waals surface area (Å²) in [5.74, 6) is -1.03. The van der Waals surface area contributed by atoms with E-state index in [0.717, 1.165) is 12.3 Å². The van der Waals surface area contributed by atoms with Gasteiger partial charge in [0.05, 0.1) is 0 Å². The number of nitrogens with one attached hydrogen (secondary N) is 2. The van der Waals surface area contributed by atoms with E-state index in [4.69, 9.17) is 0 Å². The Kier molecular flexibility index (Phi) is 5.49. The van der Waals surface area contributed by atoms with Crippen molar-refractivity contribution < 1.29 is 22.8 Å². The van der Waals surface area contributed by atoms with Gasteiger partial charge in [-0.05, 0) is 36.8 Å². The Hall–Kier alpha value is -3.10. The molecule has 0 saturated carbocycles. The maximum absolute atomic E-state index is 12.8. The van der Waals surface area contributed by atoms with Gasteiger partial charge in [-0.1, -0.05) is 6.07 Å². The third-order valence-electron chi connectivity index (χ3n) is 3.72. The number of aromatic nitrogens is 1. The molecule has 26 heavy (non-hydrogen) atoms. The Morgan fingerprint density at radius 1 is 1.15 bits per heavy atom. The van der Waals surface area contributed by atoms with Crippen LogP contribution in [-0.2, 0) is 17.5 Å². The molecule has 0 fully saturated rings. The Bertz CT molecular complexity index is 904. The van der Waals surface area contributed by atoms with Crippen molar-refractivity contribution in [2.45, 2.75) is 19.6 Å². The third-order valence-corrected chi connectivity index (χ3v) is 3.72. The van der Waals surface area contributed by atoms with E-state index in [1.165, 1.54) is 7.05 Å². The second kappa shape index (κ2) is 7.42. The van der Waals surface area contributed by atoms with Crippen LogP contribution in [0.15, 0.2) is 41.3 Å². The monoisotopic (exact) mass is 367 g/mol. The number of amides is 2. The van der Waals surface area contributed by atoms with E-state index in [1.807, 2.05) is 0 Å². The van der Waals surface area contributed by atoms with E-state index in [2.05, 4.69) is 10.6 Å². The number of rotatable bonds is 4. The van der Waals surface area contributed by atoms with Gasteiger partial charge in [-0.25, -0.2) is 0 Å². The average Bonchev–Trinajstić information content (AvgIpc) is 2.57. The number of carbonyl (C=O) groups excluding carboxylic acids is 2. The van der Waals surface area contributed by atoms with Crippen LogP contribution >= 0.6 is 0 Å². The summed E-state index contributed by atoms with van der Waals surface area (Å²) < 4.78 is 39.0. The van der Waals surface area contributed by atoms with Crippen LogP contribution in [0.4, 0.5) is 18.9 Å². The fourth-order valence-corrected chi connectivity index (χ4v) is 2.37. The van der Waals surface area contributed by atoms with E-state index in [1.54, 1.807) is 25.1 Å². The molecule has 0 radical (unpaired) electrons. The fraction of sp³-hybridized carbons (Fsp3) is 0.235. The summed E-state index contributed by atoms with van der Waals surface area (Å²) >= 11 is 0. The first kappa shape index (κ1) is 19.2. The van der Waals surface area contributed by atoms with Crippen LogP contribution in [0.25, 0.3) is 0 Å². The Morgan fingerprint density at radius 2 is 1.85 bits per heavy atom. The molecule has 6 nitrogen and oxygen atoms in total. The van der Waals surface area contributed by atoms with Crippen molar-refractivity contribution in [3.63, 3.8) is 0 Å². The molecule has 0 bridgehead atoms. The summed E-state index contributed by atoms with van der Waals surface area (Å²) in [6.45, 7) is 1.03. The molecule has 0 unspecified atom stereocenters. The highest BCUT2D eigenvalue weighted by atomic mass is 19.4. The van der Waals surface area contributed by atoms with Gasteiger partial charge in [-0.2, -0.15) is 13.2 Å². The minimum absolute atomic E-state index is 0.330. The molecule has 138 valence electrons. The quantitative estimate of drug-likeness (QED) is 0.869. The first-order valence-electron chi connectivity index (χ1n) is 7.53. The summed E-state index contributed by atoms with van der Waals surface area (Å²) in [7, 11) is 1.47. The van der Waals surface area contributed by atoms with Gasteiger partial charge in [0.1, 0.15) is 12.1 Å². The highest BCUT2D eigenvalue weighted by Gasteiger charge is 2.34. The van der Waals surface area contributed by atoms with Crippen LogP contribution in [0.3, 0.4) is 0 Å². The maximum atomic E-state index is 12.8. The molecule has 0 aliphatic heterocycles. The SMILES string of the molecule is CNC(=O)c1cccc(NC(=O)Cn2cccc(C(F)(F)F)c2=O)c1C. The molecule has 2 aromatic rings. The number of pyridine rings is 1. The van der Waals surface area contributed by atoms with Gasteiger partial charge in [-0.15, -0.1) is 0 Å². The van der Waals surface area contributed by atoms with Crippen molar-refractivity contribution in [3.8, 4) is 0 Å². The number of hydrogen-bond donors (Lipinski definition) is 2. The van der Waals surface area contributed by atoms with Crippen molar-refractivity contribution in [2.75, 3.05) is 12.4 Å². The van der Waals surface area contributed by atoms with Gasteiger partial charge in [0.2, 0.25) is 5.91 Å². The Balaban J connectivity index is 2.23. The van der Waals surface area contributed by atoms with E-state index in [9.17, 15) is 27.6 Å². The van der Waals surface area contributed by atoms with Gasteiger partial charge in [0, 0.05) is 24.5 Å². The number of carbonyl (C=O) groups is 2. The van der Waals surface area contributed by atoms with E-state index >= 15 is 0 Å². The molecule has 2 N–H and O–H groups in total. The van der Waals surface area contributed by atoms with Crippen LogP contribution in [-0.4, -0.2) is 23.4 Å². The topological polar surface area (TPSA) is 80.2 Å². The molecule has 2 rings (SSSR count). The Morgan fingerprint density at radius 3 is 2.46 bits per heavy atom. The summed E-state index contributed by atoms with van der Waals surface area (Å²) in [5, 5.41) is 4.97. The number of anilines is 1. The normalized spacial score (nSPS) is 11.1. The van der Waals surface area contributed by atoms with E-state index in [-0.39, 0.29) is 5.91 Å². The summed E-state index contributed by atoms with van der Waals surface area (Å²) in [4.78, 5) is 35.8. The Labute approximate surface area is 146 Å². The molecule has 1 aromatic carbocycles. The molecule has 0 atom stereocenters. The minimum atomic E-state index is -4.80. The van der Waals surface area contributed by atoms with Gasteiger partial charge >= 0.3 is 6.18 Å². The summed E-state index contributed by atoms with van der Waals surface area (Å²) in [5.41, 5.74) is -1.47. The molecule has 1 heterocycles. The zero-order valence-electron chi connectivity index (χ0n) is 14.0. The van der Waals surface area contributed by atoms with Gasteiger partial charge in [0.15, 0.2) is 0 Å². The number of alkyl halides is 3. The van der Waals surface area contributed by atoms with E-state index < -0.39 is 29.8 Å². The second-order valence-electron chi connectivity index (χ2n) is 5.46. The minimum Gasteiger partial charge on any atom is -0.355 e. The predicted molar refractivity (Wildman–Crippen MR) is 88.9 cm³/mol. The first-order valence-corrected chi connectivity index (χ1v) is 7.53. The number of halogens is 3. The van der Waals surface area contributed by atoms with Crippen molar-refractivity contribution in [2.24, 2.45) is 0 Å². The predicted octanol–water partition coefficient (Wildman–Crippen LogP) is 2.17. The maximum Gasteiger partial charge on any atom is 0.421 e. The lowest BCUT2D eigenvalue weighted by Gasteiger charge is -2.13. The van der Waals surface area contributed by atoms with Crippen LogP contribution in [0.5, 0.6) is 0 Å². The van der Waals surface area contributed by atoms with Crippen molar-refractivity contribution in [1.82, 2.24) is 9.88 Å². The van der Waals surface area contributed by atoms with Crippen molar-refractivity contribution >= 4 is 17.5 Å². The largest absolute Gasteiger partial charge is 0.421 e. The van der Waals surface area contributed by atoms with Crippen LogP contribution in [0, 0.1) is 6.92 Å². The fourth-order valence-electron chi connectivity index (χ4n) is 2.37.